The highest BCUT2D eigenvalue weighted by Gasteiger charge is 2.16. The molecule has 94 valence electrons. The molecule has 1 saturated heterocycles. The van der Waals surface area contributed by atoms with E-state index in [1.165, 1.54) is 11.1 Å². The summed E-state index contributed by atoms with van der Waals surface area (Å²) in [6.45, 7) is 12.2. The van der Waals surface area contributed by atoms with Gasteiger partial charge in [0, 0.05) is 18.8 Å². The lowest BCUT2D eigenvalue weighted by Crippen LogP contribution is -2.37. The molecule has 1 aliphatic rings. The van der Waals surface area contributed by atoms with E-state index in [-0.39, 0.29) is 0 Å². The topological polar surface area (TPSA) is 25.4 Å². The fourth-order valence-corrected chi connectivity index (χ4v) is 2.39. The molecule has 0 saturated carbocycles. The first kappa shape index (κ1) is 12.4. The molecule has 0 radical (unpaired) electrons. The third-order valence-electron chi connectivity index (χ3n) is 3.35. The predicted molar refractivity (Wildman–Crippen MR) is 70.8 cm³/mol. The number of aromatic nitrogens is 1. The fraction of sp³-hybridized carbons (Fsp3) is 0.643. The molecule has 1 aromatic heterocycles. The molecule has 2 rings (SSSR count). The summed E-state index contributed by atoms with van der Waals surface area (Å²) < 4.78 is 5.38. The molecule has 0 atom stereocenters. The van der Waals surface area contributed by atoms with E-state index < -0.39 is 0 Å². The Labute approximate surface area is 104 Å². The standard InChI is InChI=1S/C14H22N2O/c1-10(2)13-9-11(3)14(15-12(13)4)16-5-7-17-8-6-16/h9-10H,5-8H2,1-4H3. The highest BCUT2D eigenvalue weighted by molar-refractivity contribution is 5.50. The van der Waals surface area contributed by atoms with Crippen LogP contribution in [0.3, 0.4) is 0 Å². The number of anilines is 1. The van der Waals surface area contributed by atoms with Gasteiger partial charge in [0.05, 0.1) is 13.2 Å². The maximum Gasteiger partial charge on any atom is 0.131 e. The van der Waals surface area contributed by atoms with Crippen molar-refractivity contribution in [3.8, 4) is 0 Å². The van der Waals surface area contributed by atoms with Gasteiger partial charge in [-0.3, -0.25) is 0 Å². The van der Waals surface area contributed by atoms with Crippen LogP contribution in [0.1, 0.15) is 36.6 Å². The number of pyridine rings is 1. The maximum absolute atomic E-state index is 5.38. The van der Waals surface area contributed by atoms with Gasteiger partial charge in [0.25, 0.3) is 0 Å². The van der Waals surface area contributed by atoms with Crippen LogP contribution in [-0.2, 0) is 4.74 Å². The lowest BCUT2D eigenvalue weighted by molar-refractivity contribution is 0.122. The highest BCUT2D eigenvalue weighted by atomic mass is 16.5. The minimum absolute atomic E-state index is 0.542. The number of rotatable bonds is 2. The largest absolute Gasteiger partial charge is 0.378 e. The summed E-state index contributed by atoms with van der Waals surface area (Å²) in [6.07, 6.45) is 0. The van der Waals surface area contributed by atoms with E-state index >= 15 is 0 Å². The number of ether oxygens (including phenoxy) is 1. The van der Waals surface area contributed by atoms with Crippen molar-refractivity contribution in [1.29, 1.82) is 0 Å². The molecule has 0 amide bonds. The summed E-state index contributed by atoms with van der Waals surface area (Å²) in [4.78, 5) is 7.12. The van der Waals surface area contributed by atoms with E-state index in [1.807, 2.05) is 0 Å². The predicted octanol–water partition coefficient (Wildman–Crippen LogP) is 2.66. The zero-order valence-corrected chi connectivity index (χ0v) is 11.3. The van der Waals surface area contributed by atoms with Gasteiger partial charge < -0.3 is 9.64 Å². The second-order valence-electron chi connectivity index (χ2n) is 5.06. The Hall–Kier alpha value is -1.09. The van der Waals surface area contributed by atoms with Gasteiger partial charge in [-0.15, -0.1) is 0 Å². The van der Waals surface area contributed by atoms with Crippen molar-refractivity contribution in [3.63, 3.8) is 0 Å². The van der Waals surface area contributed by atoms with Crippen molar-refractivity contribution in [2.75, 3.05) is 31.2 Å². The first-order valence-corrected chi connectivity index (χ1v) is 6.40. The number of nitrogens with zero attached hydrogens (tertiary/aromatic N) is 2. The van der Waals surface area contributed by atoms with E-state index in [2.05, 4.69) is 38.7 Å². The Morgan fingerprint density at radius 1 is 1.24 bits per heavy atom. The second kappa shape index (κ2) is 5.05. The summed E-state index contributed by atoms with van der Waals surface area (Å²) in [6, 6.07) is 2.29. The molecule has 0 aromatic carbocycles. The monoisotopic (exact) mass is 234 g/mol. The summed E-state index contributed by atoms with van der Waals surface area (Å²) in [5.74, 6) is 1.68. The fourth-order valence-electron chi connectivity index (χ4n) is 2.39. The van der Waals surface area contributed by atoms with Crippen LogP contribution in [0.4, 0.5) is 5.82 Å². The van der Waals surface area contributed by atoms with Crippen LogP contribution in [0.5, 0.6) is 0 Å². The molecule has 1 aromatic rings. The first-order chi connectivity index (χ1) is 8.09. The summed E-state index contributed by atoms with van der Waals surface area (Å²) in [5.41, 5.74) is 3.80. The smallest absolute Gasteiger partial charge is 0.131 e. The van der Waals surface area contributed by atoms with Gasteiger partial charge in [-0.05, 0) is 30.9 Å². The average Bonchev–Trinajstić information content (AvgIpc) is 2.32. The maximum atomic E-state index is 5.38. The molecule has 2 heterocycles. The van der Waals surface area contributed by atoms with Gasteiger partial charge in [0.2, 0.25) is 0 Å². The summed E-state index contributed by atoms with van der Waals surface area (Å²) in [7, 11) is 0. The number of hydrogen-bond donors (Lipinski definition) is 0. The van der Waals surface area contributed by atoms with Crippen LogP contribution < -0.4 is 4.90 Å². The van der Waals surface area contributed by atoms with Crippen molar-refractivity contribution in [2.24, 2.45) is 0 Å². The van der Waals surface area contributed by atoms with E-state index in [4.69, 9.17) is 9.72 Å². The zero-order valence-electron chi connectivity index (χ0n) is 11.3. The Bertz CT molecular complexity index is 395. The van der Waals surface area contributed by atoms with E-state index in [0.29, 0.717) is 5.92 Å². The molecule has 3 heteroatoms. The molecular formula is C14H22N2O. The molecule has 1 fully saturated rings. The zero-order chi connectivity index (χ0) is 12.4. The Morgan fingerprint density at radius 2 is 1.88 bits per heavy atom. The van der Waals surface area contributed by atoms with Gasteiger partial charge in [-0.2, -0.15) is 0 Å². The molecule has 0 bridgehead atoms. The molecule has 1 aliphatic heterocycles. The van der Waals surface area contributed by atoms with Crippen LogP contribution in [0.15, 0.2) is 6.07 Å². The normalized spacial score (nSPS) is 16.6. The van der Waals surface area contributed by atoms with E-state index in [9.17, 15) is 0 Å². The van der Waals surface area contributed by atoms with Crippen LogP contribution in [0, 0.1) is 13.8 Å². The van der Waals surface area contributed by atoms with Crippen molar-refractivity contribution >= 4 is 5.82 Å². The minimum atomic E-state index is 0.542. The summed E-state index contributed by atoms with van der Waals surface area (Å²) in [5, 5.41) is 0. The van der Waals surface area contributed by atoms with Crippen molar-refractivity contribution < 1.29 is 4.74 Å². The molecular weight excluding hydrogens is 212 g/mol. The SMILES string of the molecule is Cc1cc(C(C)C)c(C)nc1N1CCOCC1. The van der Waals surface area contributed by atoms with Gasteiger partial charge in [0.15, 0.2) is 0 Å². The Balaban J connectivity index is 2.32. The lowest BCUT2D eigenvalue weighted by atomic mass is 10.00. The average molecular weight is 234 g/mol. The molecule has 0 spiro atoms. The van der Waals surface area contributed by atoms with Crippen LogP contribution in [0.25, 0.3) is 0 Å². The minimum Gasteiger partial charge on any atom is -0.378 e. The molecule has 17 heavy (non-hydrogen) atoms. The van der Waals surface area contributed by atoms with E-state index in [0.717, 1.165) is 37.8 Å². The van der Waals surface area contributed by atoms with E-state index in [1.54, 1.807) is 0 Å². The Kier molecular flexibility index (Phi) is 3.67. The molecule has 3 nitrogen and oxygen atoms in total. The number of hydrogen-bond acceptors (Lipinski definition) is 3. The van der Waals surface area contributed by atoms with Crippen molar-refractivity contribution in [2.45, 2.75) is 33.6 Å². The van der Waals surface area contributed by atoms with Crippen molar-refractivity contribution in [1.82, 2.24) is 4.98 Å². The Morgan fingerprint density at radius 3 is 2.47 bits per heavy atom. The number of morpholine rings is 1. The highest BCUT2D eigenvalue weighted by Crippen LogP contribution is 2.25. The quantitative estimate of drug-likeness (QED) is 0.786. The van der Waals surface area contributed by atoms with Gasteiger partial charge in [-0.1, -0.05) is 19.9 Å². The van der Waals surface area contributed by atoms with Crippen molar-refractivity contribution in [3.05, 3.63) is 22.9 Å². The lowest BCUT2D eigenvalue weighted by Gasteiger charge is -2.30. The second-order valence-corrected chi connectivity index (χ2v) is 5.06. The van der Waals surface area contributed by atoms with Gasteiger partial charge >= 0.3 is 0 Å². The molecule has 0 N–H and O–H groups in total. The first-order valence-electron chi connectivity index (χ1n) is 6.40. The summed E-state index contributed by atoms with van der Waals surface area (Å²) >= 11 is 0. The number of aryl methyl sites for hydroxylation is 2. The van der Waals surface area contributed by atoms with Gasteiger partial charge in [-0.25, -0.2) is 4.98 Å². The van der Waals surface area contributed by atoms with Crippen LogP contribution in [0.2, 0.25) is 0 Å². The van der Waals surface area contributed by atoms with Gasteiger partial charge in [0.1, 0.15) is 5.82 Å². The van der Waals surface area contributed by atoms with Crippen LogP contribution in [-0.4, -0.2) is 31.3 Å². The molecule has 0 unspecified atom stereocenters. The molecule has 0 aliphatic carbocycles. The third-order valence-corrected chi connectivity index (χ3v) is 3.35. The van der Waals surface area contributed by atoms with Crippen LogP contribution >= 0.6 is 0 Å². The third kappa shape index (κ3) is 2.60.